The molecule has 0 unspecified atom stereocenters. The van der Waals surface area contributed by atoms with E-state index in [1.807, 2.05) is 12.1 Å². The number of nitrogens with zero attached hydrogens (tertiary/aromatic N) is 3. The minimum atomic E-state index is 0.409. The SMILES string of the molecule is COc1cc(CNc2nnc(CNCC(C)C)o2)ccn1. The van der Waals surface area contributed by atoms with E-state index in [1.165, 1.54) is 0 Å². The number of pyridine rings is 1. The van der Waals surface area contributed by atoms with Crippen LogP contribution in [0.3, 0.4) is 0 Å². The van der Waals surface area contributed by atoms with Gasteiger partial charge in [0.05, 0.1) is 13.7 Å². The Morgan fingerprint density at radius 3 is 2.90 bits per heavy atom. The molecule has 0 aliphatic rings. The van der Waals surface area contributed by atoms with Gasteiger partial charge in [-0.05, 0) is 24.1 Å². The third-order valence-electron chi connectivity index (χ3n) is 2.75. The van der Waals surface area contributed by atoms with Crippen LogP contribution in [0.5, 0.6) is 5.88 Å². The molecule has 0 fully saturated rings. The lowest BCUT2D eigenvalue weighted by Crippen LogP contribution is -2.19. The maximum atomic E-state index is 5.50. The van der Waals surface area contributed by atoms with Gasteiger partial charge in [-0.1, -0.05) is 18.9 Å². The topological polar surface area (TPSA) is 85.1 Å². The predicted octanol–water partition coefficient (Wildman–Crippen LogP) is 1.83. The van der Waals surface area contributed by atoms with Crippen molar-refractivity contribution >= 4 is 6.01 Å². The van der Waals surface area contributed by atoms with E-state index in [-0.39, 0.29) is 0 Å². The monoisotopic (exact) mass is 291 g/mol. The number of hydrogen-bond acceptors (Lipinski definition) is 7. The Kier molecular flexibility index (Phi) is 5.51. The molecule has 2 heterocycles. The normalized spacial score (nSPS) is 10.9. The van der Waals surface area contributed by atoms with E-state index in [1.54, 1.807) is 13.3 Å². The third-order valence-corrected chi connectivity index (χ3v) is 2.75. The molecule has 114 valence electrons. The van der Waals surface area contributed by atoms with Crippen molar-refractivity contribution in [2.24, 2.45) is 5.92 Å². The first-order valence-electron chi connectivity index (χ1n) is 6.93. The fourth-order valence-corrected chi connectivity index (χ4v) is 1.71. The van der Waals surface area contributed by atoms with Gasteiger partial charge < -0.3 is 19.8 Å². The van der Waals surface area contributed by atoms with Crippen LogP contribution < -0.4 is 15.4 Å². The maximum absolute atomic E-state index is 5.50. The van der Waals surface area contributed by atoms with Crippen molar-refractivity contribution in [2.45, 2.75) is 26.9 Å². The summed E-state index contributed by atoms with van der Waals surface area (Å²) in [7, 11) is 1.59. The van der Waals surface area contributed by atoms with Gasteiger partial charge in [-0.15, -0.1) is 5.10 Å². The van der Waals surface area contributed by atoms with E-state index in [2.05, 4.69) is 39.7 Å². The van der Waals surface area contributed by atoms with Crippen molar-refractivity contribution in [3.63, 3.8) is 0 Å². The summed E-state index contributed by atoms with van der Waals surface area (Å²) in [6.07, 6.45) is 1.70. The van der Waals surface area contributed by atoms with E-state index in [0.29, 0.717) is 36.8 Å². The number of rotatable bonds is 8. The molecule has 2 aromatic heterocycles. The van der Waals surface area contributed by atoms with Crippen molar-refractivity contribution in [3.8, 4) is 5.88 Å². The summed E-state index contributed by atoms with van der Waals surface area (Å²) < 4.78 is 10.6. The highest BCUT2D eigenvalue weighted by atomic mass is 16.5. The number of anilines is 1. The molecule has 0 radical (unpaired) electrons. The molecule has 2 aromatic rings. The summed E-state index contributed by atoms with van der Waals surface area (Å²) >= 11 is 0. The fourth-order valence-electron chi connectivity index (χ4n) is 1.71. The van der Waals surface area contributed by atoms with Gasteiger partial charge >= 0.3 is 6.01 Å². The van der Waals surface area contributed by atoms with E-state index in [0.717, 1.165) is 12.1 Å². The average Bonchev–Trinajstić information content (AvgIpc) is 2.93. The highest BCUT2D eigenvalue weighted by molar-refractivity contribution is 5.26. The highest BCUT2D eigenvalue weighted by Gasteiger charge is 2.06. The molecule has 0 bridgehead atoms. The van der Waals surface area contributed by atoms with Crippen LogP contribution in [-0.4, -0.2) is 28.8 Å². The van der Waals surface area contributed by atoms with Crippen LogP contribution in [0.1, 0.15) is 25.3 Å². The molecular weight excluding hydrogens is 270 g/mol. The Balaban J connectivity index is 1.82. The molecular formula is C14H21N5O2. The van der Waals surface area contributed by atoms with Crippen molar-refractivity contribution < 1.29 is 9.15 Å². The molecule has 2 rings (SSSR count). The smallest absolute Gasteiger partial charge is 0.315 e. The number of nitrogens with one attached hydrogen (secondary N) is 2. The molecule has 0 atom stereocenters. The van der Waals surface area contributed by atoms with Crippen LogP contribution in [0, 0.1) is 5.92 Å². The zero-order valence-electron chi connectivity index (χ0n) is 12.6. The maximum Gasteiger partial charge on any atom is 0.315 e. The van der Waals surface area contributed by atoms with Gasteiger partial charge in [0.15, 0.2) is 0 Å². The lowest BCUT2D eigenvalue weighted by atomic mass is 10.2. The second kappa shape index (κ2) is 7.58. The Morgan fingerprint density at radius 2 is 2.14 bits per heavy atom. The van der Waals surface area contributed by atoms with Gasteiger partial charge in [0.1, 0.15) is 0 Å². The van der Waals surface area contributed by atoms with E-state index < -0.39 is 0 Å². The molecule has 0 aromatic carbocycles. The van der Waals surface area contributed by atoms with E-state index in [4.69, 9.17) is 9.15 Å². The van der Waals surface area contributed by atoms with Crippen LogP contribution in [0.25, 0.3) is 0 Å². The quantitative estimate of drug-likeness (QED) is 0.767. The van der Waals surface area contributed by atoms with Crippen LogP contribution in [0.4, 0.5) is 6.01 Å². The Labute approximate surface area is 124 Å². The van der Waals surface area contributed by atoms with Gasteiger partial charge in [0, 0.05) is 18.8 Å². The lowest BCUT2D eigenvalue weighted by Gasteiger charge is -2.04. The lowest BCUT2D eigenvalue weighted by molar-refractivity contribution is 0.397. The summed E-state index contributed by atoms with van der Waals surface area (Å²) in [5.41, 5.74) is 1.03. The second-order valence-electron chi connectivity index (χ2n) is 5.09. The van der Waals surface area contributed by atoms with Crippen LogP contribution in [0.15, 0.2) is 22.7 Å². The van der Waals surface area contributed by atoms with Crippen LogP contribution in [-0.2, 0) is 13.1 Å². The van der Waals surface area contributed by atoms with Gasteiger partial charge in [0.2, 0.25) is 11.8 Å². The first-order chi connectivity index (χ1) is 10.2. The molecule has 7 nitrogen and oxygen atoms in total. The highest BCUT2D eigenvalue weighted by Crippen LogP contribution is 2.11. The van der Waals surface area contributed by atoms with Crippen molar-refractivity contribution in [2.75, 3.05) is 19.0 Å². The number of methoxy groups -OCH3 is 1. The standard InChI is InChI=1S/C14H21N5O2/c1-10(2)7-15-9-13-18-19-14(21-13)17-8-11-4-5-16-12(6-11)20-3/h4-6,10,15H,7-9H2,1-3H3,(H,17,19). The van der Waals surface area contributed by atoms with Crippen molar-refractivity contribution in [1.29, 1.82) is 0 Å². The second-order valence-corrected chi connectivity index (χ2v) is 5.09. The minimum absolute atomic E-state index is 0.409. The molecule has 21 heavy (non-hydrogen) atoms. The third kappa shape index (κ3) is 5.03. The molecule has 0 saturated heterocycles. The van der Waals surface area contributed by atoms with Crippen LogP contribution in [0.2, 0.25) is 0 Å². The molecule has 0 aliphatic carbocycles. The summed E-state index contributed by atoms with van der Waals surface area (Å²) in [4.78, 5) is 4.06. The summed E-state index contributed by atoms with van der Waals surface area (Å²) in [6, 6.07) is 4.16. The average molecular weight is 291 g/mol. The molecule has 2 N–H and O–H groups in total. The Hall–Kier alpha value is -2.15. The Bertz CT molecular complexity index is 556. The summed E-state index contributed by atoms with van der Waals surface area (Å²) in [5, 5.41) is 14.3. The van der Waals surface area contributed by atoms with Crippen molar-refractivity contribution in [1.82, 2.24) is 20.5 Å². The van der Waals surface area contributed by atoms with Crippen molar-refractivity contribution in [3.05, 3.63) is 29.8 Å². The van der Waals surface area contributed by atoms with Gasteiger partial charge in [-0.3, -0.25) is 0 Å². The fraction of sp³-hybridized carbons (Fsp3) is 0.500. The van der Waals surface area contributed by atoms with Gasteiger partial charge in [-0.2, -0.15) is 0 Å². The Morgan fingerprint density at radius 1 is 1.29 bits per heavy atom. The predicted molar refractivity (Wildman–Crippen MR) is 79.0 cm³/mol. The van der Waals surface area contributed by atoms with Crippen LogP contribution >= 0.6 is 0 Å². The summed E-state index contributed by atoms with van der Waals surface area (Å²) in [6.45, 7) is 6.37. The minimum Gasteiger partial charge on any atom is -0.481 e. The number of ether oxygens (including phenoxy) is 1. The zero-order valence-corrected chi connectivity index (χ0v) is 12.6. The van der Waals surface area contributed by atoms with Gasteiger partial charge in [0.25, 0.3) is 0 Å². The largest absolute Gasteiger partial charge is 0.481 e. The number of hydrogen-bond donors (Lipinski definition) is 2. The zero-order chi connectivity index (χ0) is 15.1. The van der Waals surface area contributed by atoms with E-state index >= 15 is 0 Å². The first-order valence-corrected chi connectivity index (χ1v) is 6.93. The molecule has 0 spiro atoms. The first kappa shape index (κ1) is 15.2. The number of aromatic nitrogens is 3. The van der Waals surface area contributed by atoms with Gasteiger partial charge in [-0.25, -0.2) is 4.98 Å². The molecule has 0 aliphatic heterocycles. The molecule has 0 saturated carbocycles. The molecule has 7 heteroatoms. The molecule has 0 amide bonds. The van der Waals surface area contributed by atoms with E-state index in [9.17, 15) is 0 Å². The summed E-state index contributed by atoms with van der Waals surface area (Å²) in [5.74, 6) is 1.75.